The maximum absolute atomic E-state index is 12.0. The lowest BCUT2D eigenvalue weighted by molar-refractivity contribution is -0.127. The van der Waals surface area contributed by atoms with Crippen LogP contribution in [-0.4, -0.2) is 37.8 Å². The molecule has 126 valence electrons. The Morgan fingerprint density at radius 3 is 2.52 bits per heavy atom. The molecule has 1 saturated heterocycles. The molecule has 1 aliphatic rings. The normalized spacial score (nSPS) is 19.5. The molecule has 0 bridgehead atoms. The van der Waals surface area contributed by atoms with Crippen LogP contribution in [0.5, 0.6) is 0 Å². The molecule has 0 aromatic heterocycles. The molecule has 1 aromatic rings. The van der Waals surface area contributed by atoms with Crippen molar-refractivity contribution < 1.29 is 18.0 Å². The summed E-state index contributed by atoms with van der Waals surface area (Å²) in [5, 5.41) is 5.36. The van der Waals surface area contributed by atoms with Gasteiger partial charge in [0.25, 0.3) is 0 Å². The van der Waals surface area contributed by atoms with Crippen molar-refractivity contribution in [3.63, 3.8) is 0 Å². The molecule has 23 heavy (non-hydrogen) atoms. The molecule has 2 amide bonds. The number of hydrogen-bond acceptors (Lipinski definition) is 4. The number of rotatable bonds is 5. The van der Waals surface area contributed by atoms with Crippen molar-refractivity contribution >= 4 is 27.3 Å². The van der Waals surface area contributed by atoms with E-state index in [0.717, 1.165) is 5.56 Å². The van der Waals surface area contributed by atoms with E-state index < -0.39 is 21.7 Å². The van der Waals surface area contributed by atoms with E-state index in [1.54, 1.807) is 6.07 Å². The van der Waals surface area contributed by atoms with Crippen LogP contribution in [0.4, 0.5) is 5.69 Å². The molecular formula is C16H22N2O4S. The summed E-state index contributed by atoms with van der Waals surface area (Å²) in [5.74, 6) is -0.560. The topological polar surface area (TPSA) is 92.3 Å². The van der Waals surface area contributed by atoms with Gasteiger partial charge < -0.3 is 10.6 Å². The third-order valence-corrected chi connectivity index (χ3v) is 5.54. The maximum atomic E-state index is 12.0. The molecule has 1 heterocycles. The molecule has 0 aliphatic carbocycles. The standard InChI is InChI=1S/C16H22N2O4S/c1-11(2)13-5-3-4-6-14(13)18-16(20)9-15(19)17-12-7-8-23(21,22)10-12/h3-6,11-12H,7-10H2,1-2H3,(H,17,19)(H,18,20). The van der Waals surface area contributed by atoms with Gasteiger partial charge in [0.15, 0.2) is 9.84 Å². The Morgan fingerprint density at radius 2 is 1.91 bits per heavy atom. The van der Waals surface area contributed by atoms with E-state index in [4.69, 9.17) is 0 Å². The number of carbonyl (C=O) groups excluding carboxylic acids is 2. The number of nitrogens with one attached hydrogen (secondary N) is 2. The van der Waals surface area contributed by atoms with Crippen molar-refractivity contribution in [1.82, 2.24) is 5.32 Å². The molecular weight excluding hydrogens is 316 g/mol. The first-order valence-corrected chi connectivity index (χ1v) is 9.47. The van der Waals surface area contributed by atoms with Crippen LogP contribution in [0.3, 0.4) is 0 Å². The quantitative estimate of drug-likeness (QED) is 0.795. The maximum Gasteiger partial charge on any atom is 0.233 e. The van der Waals surface area contributed by atoms with Gasteiger partial charge >= 0.3 is 0 Å². The third-order valence-electron chi connectivity index (χ3n) is 3.78. The Balaban J connectivity index is 1.89. The van der Waals surface area contributed by atoms with E-state index in [2.05, 4.69) is 10.6 Å². The Labute approximate surface area is 136 Å². The fourth-order valence-electron chi connectivity index (χ4n) is 2.64. The van der Waals surface area contributed by atoms with Crippen LogP contribution >= 0.6 is 0 Å². The number of anilines is 1. The van der Waals surface area contributed by atoms with Crippen molar-refractivity contribution in [2.75, 3.05) is 16.8 Å². The van der Waals surface area contributed by atoms with E-state index in [1.165, 1.54) is 0 Å². The number of hydrogen-bond donors (Lipinski definition) is 2. The predicted octanol–water partition coefficient (Wildman–Crippen LogP) is 1.44. The van der Waals surface area contributed by atoms with Gasteiger partial charge in [-0.3, -0.25) is 9.59 Å². The first-order chi connectivity index (χ1) is 10.8. The van der Waals surface area contributed by atoms with Crippen molar-refractivity contribution in [2.45, 2.75) is 38.6 Å². The molecule has 6 nitrogen and oxygen atoms in total. The Kier molecular flexibility index (Phi) is 5.41. The van der Waals surface area contributed by atoms with Gasteiger partial charge in [0.05, 0.1) is 11.5 Å². The lowest BCUT2D eigenvalue weighted by Gasteiger charge is -2.14. The molecule has 1 atom stereocenters. The van der Waals surface area contributed by atoms with Crippen LogP contribution in [0.1, 0.15) is 38.2 Å². The first kappa shape index (κ1) is 17.5. The van der Waals surface area contributed by atoms with E-state index >= 15 is 0 Å². The summed E-state index contributed by atoms with van der Waals surface area (Å²) in [6.45, 7) is 4.05. The fraction of sp³-hybridized carbons (Fsp3) is 0.500. The summed E-state index contributed by atoms with van der Waals surface area (Å²) < 4.78 is 22.7. The van der Waals surface area contributed by atoms with Crippen molar-refractivity contribution in [3.8, 4) is 0 Å². The second kappa shape index (κ2) is 7.12. The monoisotopic (exact) mass is 338 g/mol. The van der Waals surface area contributed by atoms with Crippen molar-refractivity contribution in [2.24, 2.45) is 0 Å². The minimum absolute atomic E-state index is 0.0451. The SMILES string of the molecule is CC(C)c1ccccc1NC(=O)CC(=O)NC1CCS(=O)(=O)C1. The number of sulfone groups is 1. The van der Waals surface area contributed by atoms with Gasteiger partial charge in [-0.05, 0) is 24.0 Å². The molecule has 2 rings (SSSR count). The highest BCUT2D eigenvalue weighted by atomic mass is 32.2. The minimum atomic E-state index is -3.05. The molecule has 7 heteroatoms. The smallest absolute Gasteiger partial charge is 0.233 e. The minimum Gasteiger partial charge on any atom is -0.352 e. The molecule has 1 aromatic carbocycles. The average Bonchev–Trinajstić information content (AvgIpc) is 2.77. The van der Waals surface area contributed by atoms with Crippen LogP contribution < -0.4 is 10.6 Å². The number of benzene rings is 1. The average molecular weight is 338 g/mol. The summed E-state index contributed by atoms with van der Waals surface area (Å²) in [6.07, 6.45) is 0.0921. The van der Waals surface area contributed by atoms with Crippen LogP contribution in [0.2, 0.25) is 0 Å². The number of carbonyl (C=O) groups is 2. The van der Waals surface area contributed by atoms with E-state index in [-0.39, 0.29) is 29.9 Å². The van der Waals surface area contributed by atoms with Gasteiger partial charge in [-0.2, -0.15) is 0 Å². The second-order valence-corrected chi connectivity index (χ2v) is 8.36. The molecule has 0 radical (unpaired) electrons. The summed E-state index contributed by atoms with van der Waals surface area (Å²) in [7, 11) is -3.05. The largest absolute Gasteiger partial charge is 0.352 e. The van der Waals surface area contributed by atoms with Crippen molar-refractivity contribution in [1.29, 1.82) is 0 Å². The van der Waals surface area contributed by atoms with Crippen LogP contribution in [-0.2, 0) is 19.4 Å². The summed E-state index contributed by atoms with van der Waals surface area (Å²) in [5.41, 5.74) is 1.70. The van der Waals surface area contributed by atoms with Gasteiger partial charge in [-0.25, -0.2) is 8.42 Å². The second-order valence-electron chi connectivity index (χ2n) is 6.13. The van der Waals surface area contributed by atoms with E-state index in [1.807, 2.05) is 32.0 Å². The molecule has 1 fully saturated rings. The highest BCUT2D eigenvalue weighted by Crippen LogP contribution is 2.23. The Hall–Kier alpha value is -1.89. The molecule has 0 saturated carbocycles. The highest BCUT2D eigenvalue weighted by Gasteiger charge is 2.29. The lowest BCUT2D eigenvalue weighted by Crippen LogP contribution is -2.37. The molecule has 0 spiro atoms. The zero-order valence-corrected chi connectivity index (χ0v) is 14.2. The molecule has 1 aliphatic heterocycles. The first-order valence-electron chi connectivity index (χ1n) is 7.65. The predicted molar refractivity (Wildman–Crippen MR) is 89.0 cm³/mol. The van der Waals surface area contributed by atoms with Gasteiger partial charge in [0.1, 0.15) is 6.42 Å². The van der Waals surface area contributed by atoms with Gasteiger partial charge in [-0.15, -0.1) is 0 Å². The van der Waals surface area contributed by atoms with Gasteiger partial charge in [-0.1, -0.05) is 32.0 Å². The third kappa shape index (κ3) is 5.06. The molecule has 2 N–H and O–H groups in total. The van der Waals surface area contributed by atoms with E-state index in [0.29, 0.717) is 12.1 Å². The molecule has 1 unspecified atom stereocenters. The van der Waals surface area contributed by atoms with E-state index in [9.17, 15) is 18.0 Å². The van der Waals surface area contributed by atoms with Crippen LogP contribution in [0.25, 0.3) is 0 Å². The number of amides is 2. The van der Waals surface area contributed by atoms with Crippen molar-refractivity contribution in [3.05, 3.63) is 29.8 Å². The Bertz CT molecular complexity index is 698. The van der Waals surface area contributed by atoms with Gasteiger partial charge in [0.2, 0.25) is 11.8 Å². The summed E-state index contributed by atoms with van der Waals surface area (Å²) >= 11 is 0. The zero-order valence-electron chi connectivity index (χ0n) is 13.3. The van der Waals surface area contributed by atoms with Crippen LogP contribution in [0.15, 0.2) is 24.3 Å². The zero-order chi connectivity index (χ0) is 17.0. The van der Waals surface area contributed by atoms with Gasteiger partial charge in [0, 0.05) is 11.7 Å². The summed E-state index contributed by atoms with van der Waals surface area (Å²) in [6, 6.07) is 7.07. The highest BCUT2D eigenvalue weighted by molar-refractivity contribution is 7.91. The summed E-state index contributed by atoms with van der Waals surface area (Å²) in [4.78, 5) is 23.9. The Morgan fingerprint density at radius 1 is 1.22 bits per heavy atom. The number of para-hydroxylation sites is 1. The fourth-order valence-corrected chi connectivity index (χ4v) is 4.32. The lowest BCUT2D eigenvalue weighted by atomic mass is 10.0. The van der Waals surface area contributed by atoms with Crippen LogP contribution in [0, 0.1) is 0 Å².